The molecule has 1 radical (unpaired) electrons. The molecule has 0 saturated carbocycles. The Labute approximate surface area is 65.8 Å². The quantitative estimate of drug-likeness (QED) is 0.632. The summed E-state index contributed by atoms with van der Waals surface area (Å²) in [7, 11) is 1.54. The SMILES string of the molecule is CCc1c[c]c(F)cc1OC. The molecule has 0 aliphatic rings. The van der Waals surface area contributed by atoms with E-state index in [4.69, 9.17) is 4.74 Å². The van der Waals surface area contributed by atoms with Crippen molar-refractivity contribution in [2.45, 2.75) is 13.3 Å². The van der Waals surface area contributed by atoms with Gasteiger partial charge in [0.1, 0.15) is 11.6 Å². The highest BCUT2D eigenvalue weighted by Crippen LogP contribution is 2.18. The van der Waals surface area contributed by atoms with E-state index in [0.717, 1.165) is 12.0 Å². The molecule has 0 bridgehead atoms. The smallest absolute Gasteiger partial charge is 0.134 e. The van der Waals surface area contributed by atoms with Gasteiger partial charge in [-0.15, -0.1) is 0 Å². The van der Waals surface area contributed by atoms with Crippen molar-refractivity contribution in [2.75, 3.05) is 7.11 Å². The molecule has 0 unspecified atom stereocenters. The first kappa shape index (κ1) is 8.05. The van der Waals surface area contributed by atoms with Crippen molar-refractivity contribution in [1.29, 1.82) is 0 Å². The maximum Gasteiger partial charge on any atom is 0.134 e. The van der Waals surface area contributed by atoms with Crippen LogP contribution >= 0.6 is 0 Å². The van der Waals surface area contributed by atoms with Crippen LogP contribution in [0.5, 0.6) is 5.75 Å². The van der Waals surface area contributed by atoms with Gasteiger partial charge in [-0.1, -0.05) is 6.92 Å². The fourth-order valence-corrected chi connectivity index (χ4v) is 0.943. The molecule has 0 aliphatic heterocycles. The van der Waals surface area contributed by atoms with Crippen LogP contribution in [-0.4, -0.2) is 7.11 Å². The predicted molar refractivity (Wildman–Crippen MR) is 41.2 cm³/mol. The minimum absolute atomic E-state index is 0.376. The van der Waals surface area contributed by atoms with Gasteiger partial charge in [0.25, 0.3) is 0 Å². The highest BCUT2D eigenvalue weighted by atomic mass is 19.1. The second-order valence-corrected chi connectivity index (χ2v) is 2.23. The van der Waals surface area contributed by atoms with E-state index in [9.17, 15) is 4.39 Å². The molecule has 0 aromatic heterocycles. The van der Waals surface area contributed by atoms with Crippen molar-refractivity contribution in [1.82, 2.24) is 0 Å². The third-order valence-corrected chi connectivity index (χ3v) is 1.56. The summed E-state index contributed by atoms with van der Waals surface area (Å²) in [6.07, 6.45) is 0.833. The number of methoxy groups -OCH3 is 1. The van der Waals surface area contributed by atoms with Crippen molar-refractivity contribution in [2.24, 2.45) is 0 Å². The van der Waals surface area contributed by atoms with E-state index in [1.54, 1.807) is 6.07 Å². The van der Waals surface area contributed by atoms with Crippen molar-refractivity contribution in [3.05, 3.63) is 29.6 Å². The molecular formula is C9H10FO. The molecule has 11 heavy (non-hydrogen) atoms. The average molecular weight is 153 g/mol. The van der Waals surface area contributed by atoms with Crippen LogP contribution in [0.1, 0.15) is 12.5 Å². The number of benzene rings is 1. The van der Waals surface area contributed by atoms with Gasteiger partial charge < -0.3 is 4.74 Å². The number of halogens is 1. The number of hydrogen-bond acceptors (Lipinski definition) is 1. The van der Waals surface area contributed by atoms with E-state index >= 15 is 0 Å². The van der Waals surface area contributed by atoms with Gasteiger partial charge in [-0.05, 0) is 18.1 Å². The molecule has 0 N–H and O–H groups in total. The summed E-state index contributed by atoms with van der Waals surface area (Å²) in [6.45, 7) is 1.99. The van der Waals surface area contributed by atoms with Crippen LogP contribution in [0.2, 0.25) is 0 Å². The van der Waals surface area contributed by atoms with Crippen molar-refractivity contribution < 1.29 is 9.13 Å². The van der Waals surface area contributed by atoms with Crippen LogP contribution in [0.4, 0.5) is 4.39 Å². The fourth-order valence-electron chi connectivity index (χ4n) is 0.943. The van der Waals surface area contributed by atoms with E-state index in [1.807, 2.05) is 6.92 Å². The molecule has 0 atom stereocenters. The molecule has 1 nitrogen and oxygen atoms in total. The minimum Gasteiger partial charge on any atom is -0.496 e. The number of ether oxygens (including phenoxy) is 1. The largest absolute Gasteiger partial charge is 0.496 e. The molecule has 59 valence electrons. The second-order valence-electron chi connectivity index (χ2n) is 2.23. The first-order valence-electron chi connectivity index (χ1n) is 3.52. The maximum absolute atomic E-state index is 12.5. The molecule has 0 spiro atoms. The Hall–Kier alpha value is -1.05. The number of hydrogen-bond donors (Lipinski definition) is 0. The van der Waals surface area contributed by atoms with Crippen molar-refractivity contribution >= 4 is 0 Å². The third kappa shape index (κ3) is 1.70. The molecule has 0 saturated heterocycles. The molecular weight excluding hydrogens is 143 g/mol. The average Bonchev–Trinajstić information content (AvgIpc) is 2.04. The Bertz CT molecular complexity index is 245. The molecule has 0 fully saturated rings. The van der Waals surface area contributed by atoms with Gasteiger partial charge in [-0.2, -0.15) is 0 Å². The van der Waals surface area contributed by atoms with Crippen LogP contribution in [0.25, 0.3) is 0 Å². The Morgan fingerprint density at radius 1 is 1.64 bits per heavy atom. The molecule has 0 amide bonds. The molecule has 1 rings (SSSR count). The monoisotopic (exact) mass is 153 g/mol. The van der Waals surface area contributed by atoms with Crippen LogP contribution in [0.15, 0.2) is 12.1 Å². The van der Waals surface area contributed by atoms with Gasteiger partial charge in [0.05, 0.1) is 7.11 Å². The molecule has 2 heteroatoms. The lowest BCUT2D eigenvalue weighted by Crippen LogP contribution is -1.91. The Kier molecular flexibility index (Phi) is 2.47. The third-order valence-electron chi connectivity index (χ3n) is 1.56. The van der Waals surface area contributed by atoms with Crippen molar-refractivity contribution in [3.63, 3.8) is 0 Å². The van der Waals surface area contributed by atoms with Crippen LogP contribution in [0.3, 0.4) is 0 Å². The molecule has 1 aromatic rings. The minimum atomic E-state index is -0.376. The van der Waals surface area contributed by atoms with Gasteiger partial charge in [0.2, 0.25) is 0 Å². The standard InChI is InChI=1S/C9H10FO/c1-3-7-4-5-8(10)6-9(7)11-2/h4,6H,3H2,1-2H3. The summed E-state index contributed by atoms with van der Waals surface area (Å²) in [5.74, 6) is 0.225. The first-order chi connectivity index (χ1) is 5.27. The number of aryl methyl sites for hydroxylation is 1. The van der Waals surface area contributed by atoms with Crippen LogP contribution in [-0.2, 0) is 6.42 Å². The Morgan fingerprint density at radius 2 is 2.36 bits per heavy atom. The highest BCUT2D eigenvalue weighted by molar-refractivity contribution is 5.33. The maximum atomic E-state index is 12.5. The topological polar surface area (TPSA) is 9.23 Å². The molecule has 0 aliphatic carbocycles. The van der Waals surface area contributed by atoms with Gasteiger partial charge in [-0.3, -0.25) is 0 Å². The highest BCUT2D eigenvalue weighted by Gasteiger charge is 2.01. The van der Waals surface area contributed by atoms with Crippen LogP contribution in [0, 0.1) is 11.9 Å². The summed E-state index contributed by atoms with van der Waals surface area (Å²) in [5.41, 5.74) is 0.980. The predicted octanol–water partition coefficient (Wildman–Crippen LogP) is 2.20. The normalized spacial score (nSPS) is 9.73. The van der Waals surface area contributed by atoms with Gasteiger partial charge >= 0.3 is 0 Å². The van der Waals surface area contributed by atoms with E-state index in [0.29, 0.717) is 5.75 Å². The summed E-state index contributed by atoms with van der Waals surface area (Å²) < 4.78 is 17.5. The van der Waals surface area contributed by atoms with Crippen LogP contribution < -0.4 is 4.74 Å². The van der Waals surface area contributed by atoms with E-state index in [1.165, 1.54) is 13.2 Å². The zero-order valence-corrected chi connectivity index (χ0v) is 6.65. The summed E-state index contributed by atoms with van der Waals surface area (Å²) in [6, 6.07) is 5.44. The van der Waals surface area contributed by atoms with Gasteiger partial charge in [0.15, 0.2) is 0 Å². The Balaban J connectivity index is 3.06. The van der Waals surface area contributed by atoms with Gasteiger partial charge in [0, 0.05) is 12.1 Å². The lowest BCUT2D eigenvalue weighted by atomic mass is 10.1. The van der Waals surface area contributed by atoms with Gasteiger partial charge in [-0.25, -0.2) is 4.39 Å². The zero-order valence-electron chi connectivity index (χ0n) is 6.65. The summed E-state index contributed by atoms with van der Waals surface area (Å²) in [5, 5.41) is 0. The zero-order chi connectivity index (χ0) is 8.27. The van der Waals surface area contributed by atoms with E-state index in [-0.39, 0.29) is 5.82 Å². The summed E-state index contributed by atoms with van der Waals surface area (Å²) in [4.78, 5) is 0. The van der Waals surface area contributed by atoms with E-state index < -0.39 is 0 Å². The second kappa shape index (κ2) is 3.37. The van der Waals surface area contributed by atoms with E-state index in [2.05, 4.69) is 6.07 Å². The Morgan fingerprint density at radius 3 is 2.91 bits per heavy atom. The molecule has 0 heterocycles. The fraction of sp³-hybridized carbons (Fsp3) is 0.333. The number of rotatable bonds is 2. The lowest BCUT2D eigenvalue weighted by molar-refractivity contribution is 0.406. The van der Waals surface area contributed by atoms with Crippen molar-refractivity contribution in [3.8, 4) is 5.75 Å². The molecule has 1 aromatic carbocycles. The lowest BCUT2D eigenvalue weighted by Gasteiger charge is -2.04. The first-order valence-corrected chi connectivity index (χ1v) is 3.52. The summed E-state index contributed by atoms with van der Waals surface area (Å²) >= 11 is 0.